The Bertz CT molecular complexity index is 967. The van der Waals surface area contributed by atoms with Crippen LogP contribution in [0.4, 0.5) is 0 Å². The molecule has 0 heterocycles. The average molecular weight is 357 g/mol. The highest BCUT2D eigenvalue weighted by Gasteiger charge is 2.15. The Morgan fingerprint density at radius 2 is 1.96 bits per heavy atom. The Kier molecular flexibility index (Phi) is 7.20. The van der Waals surface area contributed by atoms with Crippen molar-refractivity contribution in [2.45, 2.75) is 34.1 Å². The first-order valence-corrected chi connectivity index (χ1v) is 9.34. The van der Waals surface area contributed by atoms with Gasteiger partial charge in [0, 0.05) is 5.57 Å². The summed E-state index contributed by atoms with van der Waals surface area (Å²) < 4.78 is 5.62. The average Bonchev–Trinajstić information content (AvgIpc) is 2.67. The van der Waals surface area contributed by atoms with E-state index in [2.05, 4.69) is 62.9 Å². The molecule has 0 saturated heterocycles. The van der Waals surface area contributed by atoms with Crippen molar-refractivity contribution in [3.8, 4) is 6.07 Å². The van der Waals surface area contributed by atoms with E-state index in [-0.39, 0.29) is 0 Å². The summed E-state index contributed by atoms with van der Waals surface area (Å²) in [5, 5.41) is 12.0. The molecule has 0 unspecified atom stereocenters. The second-order valence-corrected chi connectivity index (χ2v) is 6.33. The SMILES string of the molecule is C=C/C=C(\C(C#N)=C(/C)OCC)c1cccc2ccc(/C(C)=C\CC)cc12. The van der Waals surface area contributed by atoms with Crippen molar-refractivity contribution in [1.82, 2.24) is 0 Å². The lowest BCUT2D eigenvalue weighted by molar-refractivity contribution is 0.230. The van der Waals surface area contributed by atoms with E-state index in [0.717, 1.165) is 28.3 Å². The number of nitrogens with zero attached hydrogens (tertiary/aromatic N) is 1. The maximum absolute atomic E-state index is 9.79. The van der Waals surface area contributed by atoms with E-state index < -0.39 is 0 Å². The molecule has 0 atom stereocenters. The van der Waals surface area contributed by atoms with Gasteiger partial charge in [0.15, 0.2) is 0 Å². The minimum Gasteiger partial charge on any atom is -0.497 e. The van der Waals surface area contributed by atoms with Gasteiger partial charge in [0.2, 0.25) is 0 Å². The molecule has 0 aliphatic rings. The molecule has 0 aromatic heterocycles. The zero-order valence-corrected chi connectivity index (χ0v) is 16.7. The molecule has 0 radical (unpaired) electrons. The van der Waals surface area contributed by atoms with E-state index in [1.165, 1.54) is 11.1 Å². The smallest absolute Gasteiger partial charge is 0.111 e. The molecular formula is C25H27NO. The van der Waals surface area contributed by atoms with Crippen LogP contribution in [-0.4, -0.2) is 6.61 Å². The van der Waals surface area contributed by atoms with Gasteiger partial charge in [-0.2, -0.15) is 5.26 Å². The topological polar surface area (TPSA) is 33.0 Å². The molecule has 0 amide bonds. The van der Waals surface area contributed by atoms with E-state index in [1.807, 2.05) is 26.0 Å². The van der Waals surface area contributed by atoms with Crippen LogP contribution in [0.5, 0.6) is 0 Å². The minimum atomic E-state index is 0.527. The number of benzene rings is 2. The third kappa shape index (κ3) is 4.57. The van der Waals surface area contributed by atoms with Crippen molar-refractivity contribution < 1.29 is 4.74 Å². The van der Waals surface area contributed by atoms with Crippen LogP contribution in [0, 0.1) is 11.3 Å². The molecule has 0 bridgehead atoms. The maximum atomic E-state index is 9.79. The third-order valence-corrected chi connectivity index (χ3v) is 4.52. The number of ether oxygens (including phenoxy) is 1. The Morgan fingerprint density at radius 1 is 1.19 bits per heavy atom. The van der Waals surface area contributed by atoms with Crippen LogP contribution in [0.25, 0.3) is 21.9 Å². The van der Waals surface area contributed by atoms with Crippen LogP contribution in [0.3, 0.4) is 0 Å². The molecule has 0 spiro atoms. The van der Waals surface area contributed by atoms with Crippen LogP contribution in [0.15, 0.2) is 72.5 Å². The van der Waals surface area contributed by atoms with Crippen LogP contribution >= 0.6 is 0 Å². The largest absolute Gasteiger partial charge is 0.497 e. The van der Waals surface area contributed by atoms with Crippen LogP contribution in [0.2, 0.25) is 0 Å². The molecule has 0 aliphatic carbocycles. The zero-order chi connectivity index (χ0) is 19.8. The van der Waals surface area contributed by atoms with Crippen molar-refractivity contribution in [2.24, 2.45) is 0 Å². The van der Waals surface area contributed by atoms with Gasteiger partial charge in [-0.15, -0.1) is 0 Å². The van der Waals surface area contributed by atoms with Crippen LogP contribution in [0.1, 0.15) is 45.2 Å². The Morgan fingerprint density at radius 3 is 2.59 bits per heavy atom. The Labute approximate surface area is 162 Å². The second-order valence-electron chi connectivity index (χ2n) is 6.33. The van der Waals surface area contributed by atoms with Gasteiger partial charge in [-0.3, -0.25) is 0 Å². The van der Waals surface area contributed by atoms with Crippen molar-refractivity contribution in [3.63, 3.8) is 0 Å². The van der Waals surface area contributed by atoms with Crippen LogP contribution in [-0.2, 0) is 4.74 Å². The quantitative estimate of drug-likeness (QED) is 0.302. The first-order chi connectivity index (χ1) is 13.1. The molecule has 2 aromatic carbocycles. The van der Waals surface area contributed by atoms with E-state index in [0.29, 0.717) is 17.9 Å². The highest BCUT2D eigenvalue weighted by molar-refractivity contribution is 6.00. The van der Waals surface area contributed by atoms with Crippen molar-refractivity contribution in [1.29, 1.82) is 5.26 Å². The van der Waals surface area contributed by atoms with Crippen molar-refractivity contribution in [2.75, 3.05) is 6.61 Å². The molecule has 0 N–H and O–H groups in total. The van der Waals surface area contributed by atoms with E-state index in [4.69, 9.17) is 4.74 Å². The fourth-order valence-electron chi connectivity index (χ4n) is 3.22. The number of nitriles is 1. The van der Waals surface area contributed by atoms with Gasteiger partial charge < -0.3 is 4.74 Å². The van der Waals surface area contributed by atoms with Gasteiger partial charge in [-0.25, -0.2) is 0 Å². The lowest BCUT2D eigenvalue weighted by atomic mass is 9.91. The molecule has 0 saturated carbocycles. The second kappa shape index (κ2) is 9.59. The summed E-state index contributed by atoms with van der Waals surface area (Å²) in [6.45, 7) is 12.4. The fourth-order valence-corrected chi connectivity index (χ4v) is 3.22. The number of fused-ring (bicyclic) bond motifs is 1. The third-order valence-electron chi connectivity index (χ3n) is 4.52. The summed E-state index contributed by atoms with van der Waals surface area (Å²) in [7, 11) is 0. The standard InChI is InChI=1S/C25H27NO/c1-6-10-18(4)21-15-14-20-12-9-13-23(24(20)16-21)22(11-7-2)25(17-26)19(5)27-8-3/h7,9-16H,2,6,8H2,1,3-5H3/b18-10-,22-11-,25-19+. The van der Waals surface area contributed by atoms with Gasteiger partial charge in [0.05, 0.1) is 12.2 Å². The predicted octanol–water partition coefficient (Wildman–Crippen LogP) is 7.06. The van der Waals surface area contributed by atoms with E-state index in [9.17, 15) is 5.26 Å². The summed E-state index contributed by atoms with van der Waals surface area (Å²) in [5.74, 6) is 0.628. The molecular weight excluding hydrogens is 330 g/mol. The maximum Gasteiger partial charge on any atom is 0.111 e. The molecule has 2 aromatic rings. The van der Waals surface area contributed by atoms with Gasteiger partial charge in [-0.1, -0.05) is 62.1 Å². The molecule has 27 heavy (non-hydrogen) atoms. The lowest BCUT2D eigenvalue weighted by Gasteiger charge is -2.14. The minimum absolute atomic E-state index is 0.527. The summed E-state index contributed by atoms with van der Waals surface area (Å²) in [4.78, 5) is 0. The highest BCUT2D eigenvalue weighted by atomic mass is 16.5. The van der Waals surface area contributed by atoms with Gasteiger partial charge in [0.1, 0.15) is 11.8 Å². The molecule has 2 nitrogen and oxygen atoms in total. The predicted molar refractivity (Wildman–Crippen MR) is 116 cm³/mol. The van der Waals surface area contributed by atoms with Crippen LogP contribution < -0.4 is 0 Å². The van der Waals surface area contributed by atoms with Gasteiger partial charge >= 0.3 is 0 Å². The summed E-state index contributed by atoms with van der Waals surface area (Å²) in [5.41, 5.74) is 4.83. The summed E-state index contributed by atoms with van der Waals surface area (Å²) >= 11 is 0. The zero-order valence-electron chi connectivity index (χ0n) is 16.7. The fraction of sp³-hybridized carbons (Fsp3) is 0.240. The van der Waals surface area contributed by atoms with E-state index in [1.54, 1.807) is 6.08 Å². The van der Waals surface area contributed by atoms with Crippen molar-refractivity contribution in [3.05, 3.63) is 83.7 Å². The van der Waals surface area contributed by atoms with E-state index >= 15 is 0 Å². The normalized spacial score (nSPS) is 13.1. The van der Waals surface area contributed by atoms with Gasteiger partial charge in [-0.05, 0) is 60.7 Å². The monoisotopic (exact) mass is 357 g/mol. The number of hydrogen-bond donors (Lipinski definition) is 0. The molecule has 138 valence electrons. The molecule has 0 aliphatic heterocycles. The number of hydrogen-bond acceptors (Lipinski definition) is 2. The molecule has 2 heteroatoms. The number of allylic oxidation sites excluding steroid dienone is 7. The molecule has 2 rings (SSSR count). The Balaban J connectivity index is 2.77. The molecule has 0 fully saturated rings. The highest BCUT2D eigenvalue weighted by Crippen LogP contribution is 2.33. The number of rotatable bonds is 7. The Hall–Kier alpha value is -3.05. The summed E-state index contributed by atoms with van der Waals surface area (Å²) in [6, 6.07) is 15.0. The lowest BCUT2D eigenvalue weighted by Crippen LogP contribution is -1.97. The summed E-state index contributed by atoms with van der Waals surface area (Å²) in [6.07, 6.45) is 6.83. The van der Waals surface area contributed by atoms with Gasteiger partial charge in [0.25, 0.3) is 0 Å². The first-order valence-electron chi connectivity index (χ1n) is 9.34. The van der Waals surface area contributed by atoms with Crippen molar-refractivity contribution >= 4 is 21.9 Å². The first kappa shape index (κ1) is 20.3.